The summed E-state index contributed by atoms with van der Waals surface area (Å²) in [6.45, 7) is 1.35. The Morgan fingerprint density at radius 1 is 1.24 bits per heavy atom. The van der Waals surface area contributed by atoms with E-state index in [9.17, 15) is 9.59 Å². The molecule has 1 aromatic heterocycles. The number of amides is 2. The second kappa shape index (κ2) is 10.0. The number of carbonyl (C=O) groups is 2. The van der Waals surface area contributed by atoms with Crippen molar-refractivity contribution in [3.8, 4) is 0 Å². The Morgan fingerprint density at radius 2 is 2.09 bits per heavy atom. The first kappa shape index (κ1) is 22.7. The highest BCUT2D eigenvalue weighted by Gasteiger charge is 2.48. The van der Waals surface area contributed by atoms with Gasteiger partial charge in [0.2, 0.25) is 11.8 Å². The van der Waals surface area contributed by atoms with Crippen molar-refractivity contribution in [2.24, 2.45) is 11.8 Å². The Balaban J connectivity index is 1.34. The molecule has 0 unspecified atom stereocenters. The van der Waals surface area contributed by atoms with Crippen LogP contribution in [0.4, 0.5) is 5.69 Å². The monoisotopic (exact) mass is 463 g/mol. The fourth-order valence-corrected chi connectivity index (χ4v) is 5.99. The van der Waals surface area contributed by atoms with Crippen molar-refractivity contribution in [2.45, 2.75) is 50.2 Å². The number of nitrogens with one attached hydrogen (secondary N) is 3. The first-order valence-electron chi connectivity index (χ1n) is 12.3. The number of rotatable bonds is 6. The van der Waals surface area contributed by atoms with Crippen LogP contribution in [0.15, 0.2) is 42.9 Å². The van der Waals surface area contributed by atoms with Crippen LogP contribution in [0, 0.1) is 11.8 Å². The molecule has 1 aromatic carbocycles. The van der Waals surface area contributed by atoms with E-state index in [1.165, 1.54) is 11.6 Å². The predicted molar refractivity (Wildman–Crippen MR) is 130 cm³/mol. The maximum Gasteiger partial charge on any atom is 0.244 e. The summed E-state index contributed by atoms with van der Waals surface area (Å²) in [7, 11) is 1.73. The fourth-order valence-electron chi connectivity index (χ4n) is 5.99. The SMILES string of the molecule is COC[C@@H]1Nc2ccccc2[C@H]2[C@H]1CCN2C(=O)[C@H]1CCCC[C@H]1NC(=O)/C=C/c1c[nH]cn1. The van der Waals surface area contributed by atoms with Crippen molar-refractivity contribution in [3.63, 3.8) is 0 Å². The molecular weight excluding hydrogens is 430 g/mol. The van der Waals surface area contributed by atoms with Crippen LogP contribution < -0.4 is 10.6 Å². The second-order valence-electron chi connectivity index (χ2n) is 9.56. The molecule has 1 saturated heterocycles. The number of hydrogen-bond acceptors (Lipinski definition) is 5. The summed E-state index contributed by atoms with van der Waals surface area (Å²) in [6, 6.07) is 8.37. The third kappa shape index (κ3) is 4.46. The molecular formula is C26H33N5O3. The molecule has 2 aliphatic heterocycles. The van der Waals surface area contributed by atoms with Gasteiger partial charge in [-0.1, -0.05) is 31.0 Å². The summed E-state index contributed by atoms with van der Waals surface area (Å²) >= 11 is 0. The second-order valence-corrected chi connectivity index (χ2v) is 9.56. The molecule has 8 heteroatoms. The van der Waals surface area contributed by atoms with Crippen molar-refractivity contribution in [3.05, 3.63) is 54.1 Å². The van der Waals surface area contributed by atoms with Crippen LogP contribution in [-0.4, -0.2) is 59.0 Å². The standard InChI is InChI=1S/C26H33N5O3/c1-34-15-23-19-12-13-31(25(19)18-6-2-4-8-21(18)29-23)26(33)20-7-3-5-9-22(20)30-24(32)11-10-17-14-27-16-28-17/h2,4,6,8,10-11,14,16,19-20,22-23,25,29H,3,5,7,9,12-13,15H2,1H3,(H,27,28)(H,30,32)/b11-10+/t19-,20-,22+,23-,25-/m0/s1. The smallest absolute Gasteiger partial charge is 0.244 e. The maximum absolute atomic E-state index is 14.0. The van der Waals surface area contributed by atoms with Gasteiger partial charge in [0.15, 0.2) is 0 Å². The number of fused-ring (bicyclic) bond motifs is 3. The van der Waals surface area contributed by atoms with E-state index in [4.69, 9.17) is 4.74 Å². The number of methoxy groups -OCH3 is 1. The lowest BCUT2D eigenvalue weighted by molar-refractivity contribution is -0.139. The van der Waals surface area contributed by atoms with E-state index in [0.717, 1.165) is 44.3 Å². The molecule has 0 bridgehead atoms. The molecule has 2 aromatic rings. The van der Waals surface area contributed by atoms with Gasteiger partial charge >= 0.3 is 0 Å². The summed E-state index contributed by atoms with van der Waals surface area (Å²) in [4.78, 5) is 35.6. The summed E-state index contributed by atoms with van der Waals surface area (Å²) in [5, 5.41) is 6.75. The molecule has 34 heavy (non-hydrogen) atoms. The topological polar surface area (TPSA) is 99.4 Å². The summed E-state index contributed by atoms with van der Waals surface area (Å²) in [5.74, 6) is 0.103. The predicted octanol–water partition coefficient (Wildman–Crippen LogP) is 3.13. The van der Waals surface area contributed by atoms with E-state index in [-0.39, 0.29) is 35.9 Å². The highest BCUT2D eigenvalue weighted by atomic mass is 16.5. The van der Waals surface area contributed by atoms with Crippen molar-refractivity contribution < 1.29 is 14.3 Å². The summed E-state index contributed by atoms with van der Waals surface area (Å²) in [5.41, 5.74) is 2.97. The molecule has 5 atom stereocenters. The van der Waals surface area contributed by atoms with Gasteiger partial charge in [0.25, 0.3) is 0 Å². The lowest BCUT2D eigenvalue weighted by Gasteiger charge is -2.41. The van der Waals surface area contributed by atoms with Crippen molar-refractivity contribution in [1.82, 2.24) is 20.2 Å². The first-order chi connectivity index (χ1) is 16.7. The molecule has 0 radical (unpaired) electrons. The fraction of sp³-hybridized carbons (Fsp3) is 0.500. The molecule has 3 aliphatic rings. The molecule has 1 saturated carbocycles. The number of H-pyrrole nitrogens is 1. The van der Waals surface area contributed by atoms with Gasteiger partial charge in [-0.25, -0.2) is 4.98 Å². The first-order valence-corrected chi connectivity index (χ1v) is 12.3. The number of ether oxygens (including phenoxy) is 1. The number of likely N-dealkylation sites (tertiary alicyclic amines) is 1. The van der Waals surface area contributed by atoms with Crippen LogP contribution in [0.25, 0.3) is 6.08 Å². The zero-order valence-electron chi connectivity index (χ0n) is 19.6. The Morgan fingerprint density at radius 3 is 2.91 bits per heavy atom. The van der Waals surface area contributed by atoms with Crippen LogP contribution in [-0.2, 0) is 14.3 Å². The number of nitrogens with zero attached hydrogens (tertiary/aromatic N) is 2. The number of benzene rings is 1. The third-order valence-corrected chi connectivity index (χ3v) is 7.55. The van der Waals surface area contributed by atoms with Gasteiger partial charge in [-0.15, -0.1) is 0 Å². The van der Waals surface area contributed by atoms with Gasteiger partial charge in [0.05, 0.1) is 36.6 Å². The van der Waals surface area contributed by atoms with Gasteiger partial charge in [-0.3, -0.25) is 9.59 Å². The highest BCUT2D eigenvalue weighted by molar-refractivity contribution is 5.92. The lowest BCUT2D eigenvalue weighted by Crippen LogP contribution is -2.50. The minimum absolute atomic E-state index is 0.0444. The molecule has 1 aliphatic carbocycles. The number of hydrogen-bond donors (Lipinski definition) is 3. The molecule has 3 N–H and O–H groups in total. The Hall–Kier alpha value is -3.13. The number of carbonyl (C=O) groups excluding carboxylic acids is 2. The largest absolute Gasteiger partial charge is 0.383 e. The Bertz CT molecular complexity index is 1040. The Kier molecular flexibility index (Phi) is 6.67. The van der Waals surface area contributed by atoms with E-state index in [1.54, 1.807) is 25.7 Å². The number of imidazole rings is 1. The quantitative estimate of drug-likeness (QED) is 0.572. The summed E-state index contributed by atoms with van der Waals surface area (Å²) in [6.07, 6.45) is 11.1. The zero-order valence-corrected chi connectivity index (χ0v) is 19.6. The maximum atomic E-state index is 14.0. The molecule has 2 amide bonds. The van der Waals surface area contributed by atoms with Crippen molar-refractivity contribution >= 4 is 23.6 Å². The molecule has 180 valence electrons. The lowest BCUT2D eigenvalue weighted by atomic mass is 9.81. The third-order valence-electron chi connectivity index (χ3n) is 7.55. The van der Waals surface area contributed by atoms with E-state index < -0.39 is 0 Å². The number of aromatic amines is 1. The molecule has 2 fully saturated rings. The zero-order chi connectivity index (χ0) is 23.5. The number of anilines is 1. The highest BCUT2D eigenvalue weighted by Crippen LogP contribution is 2.47. The average molecular weight is 464 g/mol. The van der Waals surface area contributed by atoms with Crippen molar-refractivity contribution in [1.29, 1.82) is 0 Å². The molecule has 0 spiro atoms. The van der Waals surface area contributed by atoms with E-state index >= 15 is 0 Å². The number of aromatic nitrogens is 2. The van der Waals surface area contributed by atoms with Gasteiger partial charge in [0, 0.05) is 43.6 Å². The van der Waals surface area contributed by atoms with Crippen molar-refractivity contribution in [2.75, 3.05) is 25.6 Å². The molecule has 5 rings (SSSR count). The molecule has 3 heterocycles. The van der Waals surface area contributed by atoms with Crippen LogP contribution >= 0.6 is 0 Å². The van der Waals surface area contributed by atoms with Crippen LogP contribution in [0.2, 0.25) is 0 Å². The van der Waals surface area contributed by atoms with E-state index in [2.05, 4.69) is 37.6 Å². The number of para-hydroxylation sites is 1. The van der Waals surface area contributed by atoms with Gasteiger partial charge in [-0.2, -0.15) is 0 Å². The van der Waals surface area contributed by atoms with Gasteiger partial charge in [-0.05, 0) is 37.0 Å². The van der Waals surface area contributed by atoms with E-state index in [1.807, 2.05) is 12.1 Å². The van der Waals surface area contributed by atoms with Crippen LogP contribution in [0.3, 0.4) is 0 Å². The summed E-state index contributed by atoms with van der Waals surface area (Å²) < 4.78 is 5.50. The normalized spacial score (nSPS) is 28.3. The van der Waals surface area contributed by atoms with Gasteiger partial charge < -0.3 is 25.3 Å². The van der Waals surface area contributed by atoms with E-state index in [0.29, 0.717) is 18.2 Å². The van der Waals surface area contributed by atoms with Gasteiger partial charge in [0.1, 0.15) is 0 Å². The van der Waals surface area contributed by atoms with Crippen LogP contribution in [0.1, 0.15) is 49.4 Å². The molecule has 8 nitrogen and oxygen atoms in total. The Labute approximate surface area is 200 Å². The minimum Gasteiger partial charge on any atom is -0.383 e. The average Bonchev–Trinajstić information content (AvgIpc) is 3.54. The van der Waals surface area contributed by atoms with Crippen LogP contribution in [0.5, 0.6) is 0 Å². The minimum atomic E-state index is -0.196.